The lowest BCUT2D eigenvalue weighted by Gasteiger charge is -2.10. The van der Waals surface area contributed by atoms with Crippen LogP contribution in [0, 0.1) is 0 Å². The van der Waals surface area contributed by atoms with E-state index in [1.165, 1.54) is 0 Å². The molecule has 0 unspecified atom stereocenters. The van der Waals surface area contributed by atoms with Gasteiger partial charge in [-0.1, -0.05) is 0 Å². The molecule has 0 fully saturated rings. The minimum atomic E-state index is 0.258. The SMILES string of the molecule is C[C@H](NCCCCO)c1ccco1. The third kappa shape index (κ3) is 3.61. The highest BCUT2D eigenvalue weighted by Gasteiger charge is 2.05. The van der Waals surface area contributed by atoms with Crippen molar-refractivity contribution >= 4 is 0 Å². The molecule has 13 heavy (non-hydrogen) atoms. The monoisotopic (exact) mass is 183 g/mol. The Labute approximate surface area is 78.8 Å². The molecule has 0 aromatic carbocycles. The van der Waals surface area contributed by atoms with Crippen LogP contribution in [0.5, 0.6) is 0 Å². The van der Waals surface area contributed by atoms with Gasteiger partial charge in [0.05, 0.1) is 12.3 Å². The number of unbranched alkanes of at least 4 members (excludes halogenated alkanes) is 1. The maximum absolute atomic E-state index is 8.57. The van der Waals surface area contributed by atoms with Crippen LogP contribution in [0.1, 0.15) is 31.6 Å². The average Bonchev–Trinajstić information content (AvgIpc) is 2.65. The third-order valence-corrected chi connectivity index (χ3v) is 2.01. The molecule has 0 bridgehead atoms. The zero-order valence-electron chi connectivity index (χ0n) is 7.99. The standard InChI is InChI=1S/C10H17NO2/c1-9(10-5-4-8-13-10)11-6-2-3-7-12/h4-5,8-9,11-12H,2-3,6-7H2,1H3/t9-/m0/s1. The second-order valence-corrected chi connectivity index (χ2v) is 3.12. The number of furan rings is 1. The molecule has 74 valence electrons. The molecule has 0 spiro atoms. The van der Waals surface area contributed by atoms with Gasteiger partial charge in [0, 0.05) is 6.61 Å². The molecule has 1 aromatic heterocycles. The number of nitrogens with one attached hydrogen (secondary N) is 1. The smallest absolute Gasteiger partial charge is 0.120 e. The predicted octanol–water partition coefficient (Wildman–Crippen LogP) is 1.70. The second kappa shape index (κ2) is 5.78. The number of aliphatic hydroxyl groups is 1. The molecular weight excluding hydrogens is 166 g/mol. The highest BCUT2D eigenvalue weighted by molar-refractivity contribution is 5.02. The normalized spacial score (nSPS) is 13.1. The van der Waals surface area contributed by atoms with Gasteiger partial charge in [0.1, 0.15) is 5.76 Å². The van der Waals surface area contributed by atoms with Gasteiger partial charge < -0.3 is 14.8 Å². The molecule has 1 atom stereocenters. The van der Waals surface area contributed by atoms with Crippen LogP contribution in [0.3, 0.4) is 0 Å². The molecule has 0 saturated carbocycles. The van der Waals surface area contributed by atoms with E-state index < -0.39 is 0 Å². The van der Waals surface area contributed by atoms with Crippen LogP contribution in [0.25, 0.3) is 0 Å². The Morgan fingerprint density at radius 2 is 2.38 bits per heavy atom. The molecule has 0 aliphatic carbocycles. The fraction of sp³-hybridized carbons (Fsp3) is 0.600. The molecule has 0 saturated heterocycles. The van der Waals surface area contributed by atoms with E-state index in [1.54, 1.807) is 6.26 Å². The van der Waals surface area contributed by atoms with Crippen LogP contribution < -0.4 is 5.32 Å². The Bertz CT molecular complexity index is 209. The predicted molar refractivity (Wildman–Crippen MR) is 51.4 cm³/mol. The average molecular weight is 183 g/mol. The highest BCUT2D eigenvalue weighted by atomic mass is 16.3. The van der Waals surface area contributed by atoms with Gasteiger partial charge in [-0.05, 0) is 38.4 Å². The van der Waals surface area contributed by atoms with Crippen molar-refractivity contribution in [3.05, 3.63) is 24.2 Å². The zero-order chi connectivity index (χ0) is 9.52. The number of rotatable bonds is 6. The minimum absolute atomic E-state index is 0.258. The summed E-state index contributed by atoms with van der Waals surface area (Å²) < 4.78 is 5.24. The molecule has 0 radical (unpaired) electrons. The lowest BCUT2D eigenvalue weighted by Crippen LogP contribution is -2.19. The van der Waals surface area contributed by atoms with Gasteiger partial charge in [-0.15, -0.1) is 0 Å². The van der Waals surface area contributed by atoms with Gasteiger partial charge in [-0.25, -0.2) is 0 Å². The van der Waals surface area contributed by atoms with Crippen molar-refractivity contribution in [2.45, 2.75) is 25.8 Å². The van der Waals surface area contributed by atoms with E-state index in [0.29, 0.717) is 0 Å². The summed E-state index contributed by atoms with van der Waals surface area (Å²) in [6, 6.07) is 4.11. The molecule has 3 heteroatoms. The van der Waals surface area contributed by atoms with Crippen LogP contribution in [0.2, 0.25) is 0 Å². The van der Waals surface area contributed by atoms with Gasteiger partial charge in [-0.2, -0.15) is 0 Å². The molecule has 1 rings (SSSR count). The molecule has 1 heterocycles. The van der Waals surface area contributed by atoms with Crippen LogP contribution in [-0.2, 0) is 0 Å². The van der Waals surface area contributed by atoms with Crippen molar-refractivity contribution in [2.75, 3.05) is 13.2 Å². The van der Waals surface area contributed by atoms with E-state index in [-0.39, 0.29) is 12.6 Å². The first-order valence-electron chi connectivity index (χ1n) is 4.72. The molecule has 0 amide bonds. The van der Waals surface area contributed by atoms with Crippen molar-refractivity contribution in [3.8, 4) is 0 Å². The quantitative estimate of drug-likeness (QED) is 0.660. The lowest BCUT2D eigenvalue weighted by atomic mass is 10.2. The Kier molecular flexibility index (Phi) is 4.57. The van der Waals surface area contributed by atoms with E-state index in [1.807, 2.05) is 12.1 Å². The largest absolute Gasteiger partial charge is 0.468 e. The van der Waals surface area contributed by atoms with Crippen molar-refractivity contribution in [1.29, 1.82) is 0 Å². The van der Waals surface area contributed by atoms with Gasteiger partial charge in [0.15, 0.2) is 0 Å². The maximum atomic E-state index is 8.57. The summed E-state index contributed by atoms with van der Waals surface area (Å²) in [7, 11) is 0. The molecule has 1 aromatic rings. The van der Waals surface area contributed by atoms with Crippen LogP contribution >= 0.6 is 0 Å². The molecule has 0 aliphatic rings. The first kappa shape index (κ1) is 10.3. The minimum Gasteiger partial charge on any atom is -0.468 e. The lowest BCUT2D eigenvalue weighted by molar-refractivity contribution is 0.282. The first-order valence-corrected chi connectivity index (χ1v) is 4.72. The fourth-order valence-electron chi connectivity index (χ4n) is 1.19. The summed E-state index contributed by atoms with van der Waals surface area (Å²) >= 11 is 0. The number of hydrogen-bond acceptors (Lipinski definition) is 3. The van der Waals surface area contributed by atoms with Crippen LogP contribution in [0.15, 0.2) is 22.8 Å². The topological polar surface area (TPSA) is 45.4 Å². The highest BCUT2D eigenvalue weighted by Crippen LogP contribution is 2.11. The van der Waals surface area contributed by atoms with Crippen LogP contribution in [-0.4, -0.2) is 18.3 Å². The molecular formula is C10H17NO2. The zero-order valence-corrected chi connectivity index (χ0v) is 7.99. The summed E-state index contributed by atoms with van der Waals surface area (Å²) in [5.41, 5.74) is 0. The third-order valence-electron chi connectivity index (χ3n) is 2.01. The molecule has 3 nitrogen and oxygen atoms in total. The van der Waals surface area contributed by atoms with Gasteiger partial charge in [-0.3, -0.25) is 0 Å². The molecule has 2 N–H and O–H groups in total. The summed E-state index contributed by atoms with van der Waals surface area (Å²) in [4.78, 5) is 0. The van der Waals surface area contributed by atoms with Gasteiger partial charge >= 0.3 is 0 Å². The van der Waals surface area contributed by atoms with Crippen molar-refractivity contribution in [3.63, 3.8) is 0 Å². The maximum Gasteiger partial charge on any atom is 0.120 e. The summed E-state index contributed by atoms with van der Waals surface area (Å²) in [5.74, 6) is 0.962. The van der Waals surface area contributed by atoms with E-state index in [2.05, 4.69) is 12.2 Å². The Morgan fingerprint density at radius 1 is 1.54 bits per heavy atom. The Balaban J connectivity index is 2.15. The summed E-state index contributed by atoms with van der Waals surface area (Å²) in [6.45, 7) is 3.26. The molecule has 0 aliphatic heterocycles. The van der Waals surface area contributed by atoms with Gasteiger partial charge in [0.25, 0.3) is 0 Å². The van der Waals surface area contributed by atoms with Crippen molar-refractivity contribution in [2.24, 2.45) is 0 Å². The van der Waals surface area contributed by atoms with E-state index >= 15 is 0 Å². The Hall–Kier alpha value is -0.800. The second-order valence-electron chi connectivity index (χ2n) is 3.12. The number of hydrogen-bond donors (Lipinski definition) is 2. The van der Waals surface area contributed by atoms with Crippen LogP contribution in [0.4, 0.5) is 0 Å². The van der Waals surface area contributed by atoms with Gasteiger partial charge in [0.2, 0.25) is 0 Å². The van der Waals surface area contributed by atoms with E-state index in [4.69, 9.17) is 9.52 Å². The number of aliphatic hydroxyl groups excluding tert-OH is 1. The summed E-state index contributed by atoms with van der Waals surface area (Å²) in [6.07, 6.45) is 3.54. The van der Waals surface area contributed by atoms with E-state index in [9.17, 15) is 0 Å². The summed E-state index contributed by atoms with van der Waals surface area (Å²) in [5, 5.41) is 11.9. The van der Waals surface area contributed by atoms with Crippen molar-refractivity contribution in [1.82, 2.24) is 5.32 Å². The fourth-order valence-corrected chi connectivity index (χ4v) is 1.19. The first-order chi connectivity index (χ1) is 6.34. The van der Waals surface area contributed by atoms with E-state index in [0.717, 1.165) is 25.1 Å². The Morgan fingerprint density at radius 3 is 3.00 bits per heavy atom. The van der Waals surface area contributed by atoms with Crippen molar-refractivity contribution < 1.29 is 9.52 Å².